The van der Waals surface area contributed by atoms with E-state index >= 15 is 0 Å². The van der Waals surface area contributed by atoms with E-state index in [1.165, 1.54) is 7.11 Å². The number of ether oxygens (including phenoxy) is 2. The molecule has 3 rings (SSSR count). The highest BCUT2D eigenvalue weighted by atomic mass is 32.2. The first-order valence-electron chi connectivity index (χ1n) is 8.83. The minimum absolute atomic E-state index is 0.0975. The third-order valence-electron chi connectivity index (χ3n) is 4.24. The van der Waals surface area contributed by atoms with Gasteiger partial charge in [-0.1, -0.05) is 18.2 Å². The van der Waals surface area contributed by atoms with Gasteiger partial charge < -0.3 is 14.8 Å². The minimum Gasteiger partial charge on any atom is -0.497 e. The third-order valence-corrected chi connectivity index (χ3v) is 5.15. The molecular weight excluding hydrogens is 392 g/mol. The summed E-state index contributed by atoms with van der Waals surface area (Å²) >= 11 is 0.885. The smallest absolute Gasteiger partial charge is 0.293 e. The zero-order valence-electron chi connectivity index (χ0n) is 16.0. The Kier molecular flexibility index (Phi) is 6.56. The predicted octanol–water partition coefficient (Wildman–Crippen LogP) is 3.17. The van der Waals surface area contributed by atoms with E-state index < -0.39 is 0 Å². The molecule has 1 saturated heterocycles. The summed E-state index contributed by atoms with van der Waals surface area (Å²) in [6.07, 6.45) is 1.67. The molecule has 0 saturated carbocycles. The van der Waals surface area contributed by atoms with Crippen LogP contribution in [0.1, 0.15) is 15.9 Å². The van der Waals surface area contributed by atoms with Crippen molar-refractivity contribution < 1.29 is 23.9 Å². The van der Waals surface area contributed by atoms with Gasteiger partial charge in [-0.3, -0.25) is 19.3 Å². The molecule has 1 N–H and O–H groups in total. The zero-order chi connectivity index (χ0) is 20.8. The number of thioether (sulfide) groups is 1. The Bertz CT molecular complexity index is 956. The molecule has 0 bridgehead atoms. The van der Waals surface area contributed by atoms with E-state index in [4.69, 9.17) is 9.47 Å². The first-order chi connectivity index (χ1) is 14.0. The third kappa shape index (κ3) is 4.97. The molecule has 0 radical (unpaired) electrons. The van der Waals surface area contributed by atoms with E-state index in [9.17, 15) is 14.4 Å². The Balaban J connectivity index is 1.58. The Labute approximate surface area is 172 Å². The summed E-state index contributed by atoms with van der Waals surface area (Å²) in [4.78, 5) is 38.4. The Morgan fingerprint density at radius 2 is 1.79 bits per heavy atom. The van der Waals surface area contributed by atoms with Gasteiger partial charge in [-0.2, -0.15) is 0 Å². The van der Waals surface area contributed by atoms with Crippen molar-refractivity contribution in [3.8, 4) is 11.5 Å². The van der Waals surface area contributed by atoms with Crippen molar-refractivity contribution in [3.63, 3.8) is 0 Å². The van der Waals surface area contributed by atoms with Crippen molar-refractivity contribution in [2.24, 2.45) is 0 Å². The lowest BCUT2D eigenvalue weighted by molar-refractivity contribution is -0.122. The molecule has 0 aliphatic carbocycles. The van der Waals surface area contributed by atoms with Crippen LogP contribution in [0, 0.1) is 0 Å². The van der Waals surface area contributed by atoms with Crippen LogP contribution >= 0.6 is 11.8 Å². The number of methoxy groups -OCH3 is 2. The Hall–Kier alpha value is -3.26. The van der Waals surface area contributed by atoms with Crippen molar-refractivity contribution in [1.29, 1.82) is 0 Å². The van der Waals surface area contributed by atoms with Crippen LogP contribution in [-0.2, 0) is 4.79 Å². The number of nitrogens with zero attached hydrogens (tertiary/aromatic N) is 1. The van der Waals surface area contributed by atoms with Crippen molar-refractivity contribution in [1.82, 2.24) is 10.2 Å². The van der Waals surface area contributed by atoms with E-state index in [1.54, 1.807) is 61.7 Å². The van der Waals surface area contributed by atoms with Gasteiger partial charge in [-0.15, -0.1) is 0 Å². The van der Waals surface area contributed by atoms with Crippen LogP contribution in [0.15, 0.2) is 53.4 Å². The molecule has 29 heavy (non-hydrogen) atoms. The first kappa shape index (κ1) is 20.5. The normalized spacial score (nSPS) is 15.0. The molecule has 1 aliphatic rings. The Morgan fingerprint density at radius 1 is 1.07 bits per heavy atom. The average molecular weight is 412 g/mol. The second-order valence-corrected chi connectivity index (χ2v) is 7.09. The number of imide groups is 1. The van der Waals surface area contributed by atoms with Crippen LogP contribution in [0.2, 0.25) is 0 Å². The lowest BCUT2D eigenvalue weighted by Crippen LogP contribution is -2.37. The van der Waals surface area contributed by atoms with Crippen molar-refractivity contribution in [2.75, 3.05) is 27.3 Å². The molecule has 0 atom stereocenters. The summed E-state index contributed by atoms with van der Waals surface area (Å²) in [5.74, 6) is 0.616. The molecule has 2 aromatic carbocycles. The lowest BCUT2D eigenvalue weighted by atomic mass is 10.2. The van der Waals surface area contributed by atoms with Gasteiger partial charge in [0, 0.05) is 18.7 Å². The number of nitrogens with one attached hydrogen (secondary N) is 1. The predicted molar refractivity (Wildman–Crippen MR) is 111 cm³/mol. The topological polar surface area (TPSA) is 84.9 Å². The molecular formula is C21H20N2O5S. The quantitative estimate of drug-likeness (QED) is 0.703. The maximum Gasteiger partial charge on any atom is 0.293 e. The fourth-order valence-electron chi connectivity index (χ4n) is 2.69. The molecule has 3 amide bonds. The summed E-state index contributed by atoms with van der Waals surface area (Å²) in [6, 6.07) is 13.9. The molecule has 0 unspecified atom stereocenters. The van der Waals surface area contributed by atoms with Crippen molar-refractivity contribution in [2.45, 2.75) is 0 Å². The fourth-order valence-corrected chi connectivity index (χ4v) is 3.56. The van der Waals surface area contributed by atoms with Gasteiger partial charge in [0.05, 0.1) is 19.1 Å². The van der Waals surface area contributed by atoms with Gasteiger partial charge in [0.1, 0.15) is 11.5 Å². The summed E-state index contributed by atoms with van der Waals surface area (Å²) in [5.41, 5.74) is 1.24. The van der Waals surface area contributed by atoms with Gasteiger partial charge in [-0.25, -0.2) is 0 Å². The van der Waals surface area contributed by atoms with Crippen LogP contribution in [-0.4, -0.2) is 49.3 Å². The number of hydrogen-bond donors (Lipinski definition) is 1. The van der Waals surface area contributed by atoms with E-state index in [0.29, 0.717) is 22.0 Å². The van der Waals surface area contributed by atoms with E-state index in [-0.39, 0.29) is 30.1 Å². The number of rotatable bonds is 7. The second-order valence-electron chi connectivity index (χ2n) is 6.09. The van der Waals surface area contributed by atoms with Crippen LogP contribution in [0.25, 0.3) is 6.08 Å². The van der Waals surface area contributed by atoms with Gasteiger partial charge in [-0.05, 0) is 53.7 Å². The molecule has 1 aliphatic heterocycles. The van der Waals surface area contributed by atoms with Crippen molar-refractivity contribution >= 4 is 34.9 Å². The summed E-state index contributed by atoms with van der Waals surface area (Å²) in [5, 5.41) is 2.36. The summed E-state index contributed by atoms with van der Waals surface area (Å²) in [7, 11) is 3.10. The van der Waals surface area contributed by atoms with E-state index in [2.05, 4.69) is 5.32 Å². The van der Waals surface area contributed by atoms with Crippen LogP contribution in [0.5, 0.6) is 11.5 Å². The van der Waals surface area contributed by atoms with E-state index in [1.807, 2.05) is 0 Å². The van der Waals surface area contributed by atoms with E-state index in [0.717, 1.165) is 22.2 Å². The standard InChI is InChI=1S/C21H20N2O5S/c1-27-16-8-6-14(7-9-16)12-18-20(25)23(21(26)29-18)11-10-22-19(24)15-4-3-5-17(13-15)28-2/h3-9,12-13H,10-11H2,1-2H3,(H,22,24). The number of benzene rings is 2. The lowest BCUT2D eigenvalue weighted by Gasteiger charge is -2.13. The molecule has 1 fully saturated rings. The van der Waals surface area contributed by atoms with Crippen molar-refractivity contribution in [3.05, 3.63) is 64.6 Å². The molecule has 0 aromatic heterocycles. The number of hydrogen-bond acceptors (Lipinski definition) is 6. The molecule has 2 aromatic rings. The first-order valence-corrected chi connectivity index (χ1v) is 9.65. The maximum atomic E-state index is 12.5. The average Bonchev–Trinajstić information content (AvgIpc) is 3.01. The van der Waals surface area contributed by atoms with Crippen LogP contribution in [0.4, 0.5) is 4.79 Å². The summed E-state index contributed by atoms with van der Waals surface area (Å²) in [6.45, 7) is 0.254. The number of carbonyl (C=O) groups excluding carboxylic acids is 3. The largest absolute Gasteiger partial charge is 0.497 e. The van der Waals surface area contributed by atoms with Gasteiger partial charge >= 0.3 is 0 Å². The van der Waals surface area contributed by atoms with Crippen LogP contribution in [0.3, 0.4) is 0 Å². The number of amides is 3. The molecule has 150 valence electrons. The fraction of sp³-hybridized carbons (Fsp3) is 0.190. The second kappa shape index (κ2) is 9.29. The van der Waals surface area contributed by atoms with Gasteiger partial charge in [0.25, 0.3) is 17.1 Å². The molecule has 7 nitrogen and oxygen atoms in total. The summed E-state index contributed by atoms with van der Waals surface area (Å²) < 4.78 is 10.2. The highest BCUT2D eigenvalue weighted by Crippen LogP contribution is 2.32. The highest BCUT2D eigenvalue weighted by Gasteiger charge is 2.34. The zero-order valence-corrected chi connectivity index (χ0v) is 16.8. The monoisotopic (exact) mass is 412 g/mol. The van der Waals surface area contributed by atoms with Gasteiger partial charge in [0.15, 0.2) is 0 Å². The SMILES string of the molecule is COc1ccc(C=C2SC(=O)N(CCNC(=O)c3cccc(OC)c3)C2=O)cc1. The van der Waals surface area contributed by atoms with Crippen LogP contribution < -0.4 is 14.8 Å². The molecule has 0 spiro atoms. The molecule has 8 heteroatoms. The molecule has 1 heterocycles. The Morgan fingerprint density at radius 3 is 2.48 bits per heavy atom. The number of carbonyl (C=O) groups is 3. The van der Waals surface area contributed by atoms with Gasteiger partial charge in [0.2, 0.25) is 0 Å². The minimum atomic E-state index is -0.369. The highest BCUT2D eigenvalue weighted by molar-refractivity contribution is 8.18. The maximum absolute atomic E-state index is 12.5.